The fraction of sp³-hybridized carbons (Fsp3) is 0.587. The molecule has 0 aromatic heterocycles. The van der Waals surface area contributed by atoms with E-state index in [-0.39, 0.29) is 55.2 Å². The van der Waals surface area contributed by atoms with E-state index in [0.29, 0.717) is 30.5 Å². The number of aliphatic hydroxyl groups excluding tert-OH is 1. The van der Waals surface area contributed by atoms with Crippen molar-refractivity contribution in [2.75, 3.05) is 30.5 Å². The van der Waals surface area contributed by atoms with E-state index in [9.17, 15) is 48.3 Å². The summed E-state index contributed by atoms with van der Waals surface area (Å²) in [5.41, 5.74) is -1.78. The second-order valence-corrected chi connectivity index (χ2v) is 19.2. The van der Waals surface area contributed by atoms with Gasteiger partial charge in [-0.05, 0) is 80.7 Å². The molecule has 1 unspecified atom stereocenters. The number of aliphatic hydroxyl groups is 1. The number of benzene rings is 1. The van der Waals surface area contributed by atoms with Crippen LogP contribution < -0.4 is 26.6 Å². The Balaban J connectivity index is 1.08. The fourth-order valence-electron chi connectivity index (χ4n) is 10.5. The summed E-state index contributed by atoms with van der Waals surface area (Å²) in [6.45, 7) is 7.06. The number of allylic oxidation sites excluding steroid dienone is 4. The number of amides is 5. The van der Waals surface area contributed by atoms with Gasteiger partial charge in [-0.3, -0.25) is 38.4 Å². The third-order valence-electron chi connectivity index (χ3n) is 13.9. The van der Waals surface area contributed by atoms with E-state index >= 15 is 0 Å². The van der Waals surface area contributed by atoms with Gasteiger partial charge in [-0.15, -0.1) is 11.6 Å². The van der Waals surface area contributed by atoms with E-state index < -0.39 is 113 Å². The number of ketones is 2. The van der Waals surface area contributed by atoms with Gasteiger partial charge in [0.25, 0.3) is 0 Å². The number of fused-ring (bicyclic) bond motifs is 5. The van der Waals surface area contributed by atoms with Crippen molar-refractivity contribution in [1.82, 2.24) is 21.3 Å². The number of esters is 1. The second-order valence-electron chi connectivity index (χ2n) is 18.0. The number of alkyl halides is 2. The van der Waals surface area contributed by atoms with Crippen LogP contribution in [0.4, 0.5) is 10.5 Å². The second kappa shape index (κ2) is 21.8. The van der Waals surface area contributed by atoms with Crippen molar-refractivity contribution in [2.24, 2.45) is 28.6 Å². The van der Waals surface area contributed by atoms with Gasteiger partial charge in [0, 0.05) is 35.3 Å². The lowest BCUT2D eigenvalue weighted by molar-refractivity contribution is -0.203. The van der Waals surface area contributed by atoms with Crippen molar-refractivity contribution in [3.8, 4) is 0 Å². The van der Waals surface area contributed by atoms with E-state index in [1.165, 1.54) is 25.1 Å². The summed E-state index contributed by atoms with van der Waals surface area (Å²) in [7, 11) is 0. The number of alkyl carbamates (subject to hydrolysis) is 1. The summed E-state index contributed by atoms with van der Waals surface area (Å²) >= 11 is 10.5. The Morgan fingerprint density at radius 2 is 1.69 bits per heavy atom. The largest absolute Gasteiger partial charge is 0.481 e. The lowest BCUT2D eigenvalue weighted by Gasteiger charge is -2.64. The summed E-state index contributed by atoms with van der Waals surface area (Å²) in [5, 5.41) is 33.2. The van der Waals surface area contributed by atoms with Crippen LogP contribution in [0.1, 0.15) is 85.1 Å². The lowest BCUT2D eigenvalue weighted by Crippen LogP contribution is -2.69. The van der Waals surface area contributed by atoms with Crippen LogP contribution in [0.25, 0.3) is 0 Å². The minimum absolute atomic E-state index is 0.00531. The highest BCUT2D eigenvalue weighted by atomic mass is 79.9. The molecule has 0 radical (unpaired) electrons. The number of hydrogen-bond acceptors (Lipinski definition) is 13. The molecule has 1 aromatic rings. The lowest BCUT2D eigenvalue weighted by atomic mass is 9.45. The van der Waals surface area contributed by atoms with Gasteiger partial charge in [-0.25, -0.2) is 4.79 Å². The quantitative estimate of drug-likeness (QED) is 0.0427. The van der Waals surface area contributed by atoms with Gasteiger partial charge in [0.2, 0.25) is 29.4 Å². The number of carboxylic acid groups (broad SMARTS) is 1. The summed E-state index contributed by atoms with van der Waals surface area (Å²) in [6.07, 6.45) is 3.95. The number of aliphatic carboxylic acids is 1. The van der Waals surface area contributed by atoms with Crippen LogP contribution in [-0.4, -0.2) is 117 Å². The Morgan fingerprint density at radius 1 is 0.985 bits per heavy atom. The number of carbonyl (C=O) groups excluding carboxylic acids is 8. The third kappa shape index (κ3) is 11.1. The number of halogens is 2. The van der Waals surface area contributed by atoms with Crippen molar-refractivity contribution in [2.45, 2.75) is 115 Å². The molecule has 3 saturated carbocycles. The van der Waals surface area contributed by atoms with Gasteiger partial charge in [0.15, 0.2) is 11.4 Å². The summed E-state index contributed by atoms with van der Waals surface area (Å²) in [6, 6.07) is 3.97. The number of ether oxygens (including phenoxy) is 3. The molecule has 67 heavy (non-hydrogen) atoms. The molecular weight excluding hydrogens is 962 g/mol. The molecule has 0 aliphatic heterocycles. The number of hydrogen-bond donors (Lipinski definition) is 7. The number of nitrogens with one attached hydrogen (secondary N) is 5. The first-order valence-electron chi connectivity index (χ1n) is 22.1. The van der Waals surface area contributed by atoms with Crippen molar-refractivity contribution >= 4 is 86.4 Å². The third-order valence-corrected chi connectivity index (χ3v) is 15.4. The number of anilines is 1. The molecule has 3 fully saturated rings. The van der Waals surface area contributed by atoms with E-state index in [0.717, 1.165) is 5.57 Å². The minimum atomic E-state index is -1.67. The minimum Gasteiger partial charge on any atom is -0.481 e. The highest BCUT2D eigenvalue weighted by Crippen LogP contribution is 2.72. The highest BCUT2D eigenvalue weighted by molar-refractivity contribution is 9.09. The van der Waals surface area contributed by atoms with Crippen LogP contribution in [0.15, 0.2) is 48.1 Å². The summed E-state index contributed by atoms with van der Waals surface area (Å²) in [5.74, 6) is -5.91. The molecule has 4 aliphatic carbocycles. The normalized spacial score (nSPS) is 29.0. The molecular formula is C46H59BrClN5O14. The van der Waals surface area contributed by atoms with Gasteiger partial charge in [0.05, 0.1) is 16.3 Å². The molecule has 4 aliphatic rings. The molecule has 0 spiro atoms. The van der Waals surface area contributed by atoms with Gasteiger partial charge < -0.3 is 51.0 Å². The molecule has 0 bridgehead atoms. The molecule has 7 N–H and O–H groups in total. The van der Waals surface area contributed by atoms with E-state index in [1.807, 2.05) is 20.8 Å². The zero-order valence-corrected chi connectivity index (χ0v) is 40.4. The van der Waals surface area contributed by atoms with Crippen molar-refractivity contribution in [3.05, 3.63) is 53.6 Å². The molecule has 10 atom stereocenters. The number of Topliss-reactive ketones (excluding diaryl/α,β-unsaturated/α-hetero) is 1. The molecule has 19 nitrogen and oxygen atoms in total. The first kappa shape index (κ1) is 52.8. The SMILES string of the molecule is CCC(=O)O[C@]1(C(=O)COCNC(=O)CNC(=O)OCc2ccc(NC(=O)[C@H](C)NC(=O)[C@H](CCC(=O)O)NC(=O)CBr)cc2)[C@@H](C)CC2[C@@H]3CCC4=CC(=O)C=C[C@]4(C)[C@@]3(Cl)[C@@H](O)C[C@@]21C. The summed E-state index contributed by atoms with van der Waals surface area (Å²) in [4.78, 5) is 112. The zero-order valence-electron chi connectivity index (χ0n) is 38.0. The first-order valence-corrected chi connectivity index (χ1v) is 23.6. The van der Waals surface area contributed by atoms with E-state index in [1.54, 1.807) is 31.2 Å². The maximum absolute atomic E-state index is 14.4. The first-order chi connectivity index (χ1) is 31.6. The maximum Gasteiger partial charge on any atom is 0.407 e. The van der Waals surface area contributed by atoms with Crippen LogP contribution >= 0.6 is 27.5 Å². The highest BCUT2D eigenvalue weighted by Gasteiger charge is 2.76. The standard InChI is InChI=1S/C46H59BrClN5O14/c1-6-39(61)67-46(25(2)17-32-31-12-9-28-18-30(54)15-16-43(28,4)45(31,48)34(55)19-44(32,46)5)35(56)23-65-24-50-37(58)21-49-42(64)66-22-27-7-10-29(11-8-27)52-40(62)26(3)51-41(63)33(13-14-38(59)60)53-36(57)20-47/h7-8,10-11,15-16,18,25-26,31-34,55H,6,9,12-14,17,19-24H2,1-5H3,(H,49,64)(H,50,58)(H,51,63)(H,52,62)(H,53,57)(H,59,60)/t25-,26-,31-,32?,33-,34-,43-,44-,45-,46-/m0/s1. The van der Waals surface area contributed by atoms with Crippen molar-refractivity contribution in [1.29, 1.82) is 0 Å². The molecule has 0 saturated heterocycles. The van der Waals surface area contributed by atoms with Crippen molar-refractivity contribution < 1.29 is 67.6 Å². The molecule has 21 heteroatoms. The van der Waals surface area contributed by atoms with Crippen molar-refractivity contribution in [3.63, 3.8) is 0 Å². The van der Waals surface area contributed by atoms with Gasteiger partial charge in [-0.1, -0.05) is 67.4 Å². The number of carbonyl (C=O) groups is 9. The van der Waals surface area contributed by atoms with Crippen LogP contribution in [0, 0.1) is 28.6 Å². The van der Waals surface area contributed by atoms with Gasteiger partial charge in [0.1, 0.15) is 38.6 Å². The molecule has 1 aromatic carbocycles. The zero-order chi connectivity index (χ0) is 49.5. The summed E-state index contributed by atoms with van der Waals surface area (Å²) < 4.78 is 17.0. The van der Waals surface area contributed by atoms with Gasteiger partial charge in [-0.2, -0.15) is 0 Å². The Morgan fingerprint density at radius 3 is 2.34 bits per heavy atom. The predicted molar refractivity (Wildman–Crippen MR) is 244 cm³/mol. The molecule has 5 amide bonds. The van der Waals surface area contributed by atoms with Gasteiger partial charge >= 0.3 is 18.0 Å². The van der Waals surface area contributed by atoms with E-state index in [4.69, 9.17) is 30.9 Å². The Kier molecular flexibility index (Phi) is 17.2. The number of carboxylic acids is 1. The van der Waals surface area contributed by atoms with E-state index in [2.05, 4.69) is 42.5 Å². The van der Waals surface area contributed by atoms with Crippen LogP contribution in [0.3, 0.4) is 0 Å². The maximum atomic E-state index is 14.4. The van der Waals surface area contributed by atoms with Crippen LogP contribution in [0.5, 0.6) is 0 Å². The average molecular weight is 1020 g/mol. The molecule has 366 valence electrons. The topological polar surface area (TPSA) is 282 Å². The van der Waals surface area contributed by atoms with Crippen LogP contribution in [-0.2, 0) is 59.2 Å². The Bertz CT molecular complexity index is 2190. The Labute approximate surface area is 401 Å². The predicted octanol–water partition coefficient (Wildman–Crippen LogP) is 3.34. The number of rotatable bonds is 20. The molecule has 0 heterocycles. The van der Waals surface area contributed by atoms with Crippen LogP contribution in [0.2, 0.25) is 0 Å². The fourth-order valence-corrected chi connectivity index (χ4v) is 11.2. The smallest absolute Gasteiger partial charge is 0.407 e. The molecule has 5 rings (SSSR count). The Hall–Kier alpha value is -5.18. The average Bonchev–Trinajstić information content (AvgIpc) is 3.50. The monoisotopic (exact) mass is 1020 g/mol.